The van der Waals surface area contributed by atoms with Gasteiger partial charge in [0.1, 0.15) is 5.75 Å². The van der Waals surface area contributed by atoms with E-state index in [1.165, 1.54) is 18.4 Å². The molecule has 0 aliphatic heterocycles. The van der Waals surface area contributed by atoms with E-state index in [1.807, 2.05) is 20.2 Å². The van der Waals surface area contributed by atoms with Gasteiger partial charge in [-0.3, -0.25) is 4.98 Å². The summed E-state index contributed by atoms with van der Waals surface area (Å²) >= 11 is 0. The van der Waals surface area contributed by atoms with Crippen LogP contribution in [0.1, 0.15) is 31.2 Å². The lowest BCUT2D eigenvalue weighted by molar-refractivity contribution is 0.249. The molecule has 0 bridgehead atoms. The number of rotatable bonds is 5. The number of aromatic nitrogens is 1. The average Bonchev–Trinajstić information content (AvgIpc) is 2.25. The molecule has 1 N–H and O–H groups in total. The fourth-order valence-electron chi connectivity index (χ4n) is 2.40. The van der Waals surface area contributed by atoms with Crippen molar-refractivity contribution in [3.8, 4) is 5.75 Å². The van der Waals surface area contributed by atoms with Crippen LogP contribution in [0.3, 0.4) is 0 Å². The average molecular weight is 220 g/mol. The van der Waals surface area contributed by atoms with Crippen molar-refractivity contribution in [3.05, 3.63) is 24.0 Å². The van der Waals surface area contributed by atoms with Crippen LogP contribution in [-0.2, 0) is 0 Å². The van der Waals surface area contributed by atoms with Crippen molar-refractivity contribution in [2.24, 2.45) is 5.92 Å². The first-order valence-electron chi connectivity index (χ1n) is 6.07. The van der Waals surface area contributed by atoms with Gasteiger partial charge >= 0.3 is 0 Å². The van der Waals surface area contributed by atoms with Crippen molar-refractivity contribution in [2.45, 2.75) is 25.7 Å². The molecule has 2 unspecified atom stereocenters. The summed E-state index contributed by atoms with van der Waals surface area (Å²) in [4.78, 5) is 4.26. The van der Waals surface area contributed by atoms with Crippen molar-refractivity contribution < 1.29 is 4.74 Å². The van der Waals surface area contributed by atoms with E-state index in [0.29, 0.717) is 12.5 Å². The quantitative estimate of drug-likeness (QED) is 0.826. The number of nitrogens with zero attached hydrogens (tertiary/aromatic N) is 1. The molecule has 1 heterocycles. The Hall–Kier alpha value is -1.09. The third-order valence-corrected chi connectivity index (χ3v) is 3.36. The zero-order valence-electron chi connectivity index (χ0n) is 10.1. The van der Waals surface area contributed by atoms with E-state index < -0.39 is 0 Å². The van der Waals surface area contributed by atoms with Gasteiger partial charge in [-0.25, -0.2) is 0 Å². The fraction of sp³-hybridized carbons (Fsp3) is 0.615. The second-order valence-electron chi connectivity index (χ2n) is 4.39. The lowest BCUT2D eigenvalue weighted by Crippen LogP contribution is -2.32. The molecule has 88 valence electrons. The molecule has 1 aromatic rings. The van der Waals surface area contributed by atoms with E-state index in [4.69, 9.17) is 4.74 Å². The molecule has 1 aliphatic carbocycles. The van der Waals surface area contributed by atoms with E-state index in [-0.39, 0.29) is 0 Å². The SMILES string of the molecule is CCOc1cncc(C2CCC2CNC)c1. The Morgan fingerprint density at radius 3 is 2.94 bits per heavy atom. The lowest BCUT2D eigenvalue weighted by Gasteiger charge is -2.36. The highest BCUT2D eigenvalue weighted by Gasteiger charge is 2.31. The molecule has 2 rings (SSSR count). The fourth-order valence-corrected chi connectivity index (χ4v) is 2.40. The van der Waals surface area contributed by atoms with Crippen molar-refractivity contribution in [2.75, 3.05) is 20.2 Å². The monoisotopic (exact) mass is 220 g/mol. The zero-order chi connectivity index (χ0) is 11.4. The van der Waals surface area contributed by atoms with Gasteiger partial charge in [0.25, 0.3) is 0 Å². The molecule has 1 saturated carbocycles. The van der Waals surface area contributed by atoms with Gasteiger partial charge in [-0.2, -0.15) is 0 Å². The number of hydrogen-bond acceptors (Lipinski definition) is 3. The zero-order valence-corrected chi connectivity index (χ0v) is 10.1. The van der Waals surface area contributed by atoms with Crippen molar-refractivity contribution in [1.29, 1.82) is 0 Å². The number of nitrogens with one attached hydrogen (secondary N) is 1. The molecular weight excluding hydrogens is 200 g/mol. The summed E-state index contributed by atoms with van der Waals surface area (Å²) in [6, 6.07) is 2.14. The van der Waals surface area contributed by atoms with Gasteiger partial charge in [0, 0.05) is 6.20 Å². The van der Waals surface area contributed by atoms with Gasteiger partial charge < -0.3 is 10.1 Å². The minimum absolute atomic E-state index is 0.667. The summed E-state index contributed by atoms with van der Waals surface area (Å²) in [6.07, 6.45) is 6.38. The predicted octanol–water partition coefficient (Wildman–Crippen LogP) is 2.19. The van der Waals surface area contributed by atoms with Crippen LogP contribution in [0.2, 0.25) is 0 Å². The topological polar surface area (TPSA) is 34.1 Å². The van der Waals surface area contributed by atoms with E-state index in [2.05, 4.69) is 16.4 Å². The molecule has 3 heteroatoms. The van der Waals surface area contributed by atoms with E-state index in [0.717, 1.165) is 18.2 Å². The van der Waals surface area contributed by atoms with Crippen LogP contribution in [0.15, 0.2) is 18.5 Å². The largest absolute Gasteiger partial charge is 0.492 e. The molecule has 3 nitrogen and oxygen atoms in total. The van der Waals surface area contributed by atoms with Gasteiger partial charge in [0.15, 0.2) is 0 Å². The number of hydrogen-bond donors (Lipinski definition) is 1. The second-order valence-corrected chi connectivity index (χ2v) is 4.39. The molecule has 1 fully saturated rings. The van der Waals surface area contributed by atoms with Gasteiger partial charge in [-0.05, 0) is 56.8 Å². The summed E-state index contributed by atoms with van der Waals surface area (Å²) in [5.41, 5.74) is 1.33. The predicted molar refractivity (Wildman–Crippen MR) is 64.8 cm³/mol. The first-order valence-corrected chi connectivity index (χ1v) is 6.07. The summed E-state index contributed by atoms with van der Waals surface area (Å²) in [5, 5.41) is 3.26. The Labute approximate surface area is 97.2 Å². The third kappa shape index (κ3) is 2.35. The highest BCUT2D eigenvalue weighted by atomic mass is 16.5. The van der Waals surface area contributed by atoms with Crippen molar-refractivity contribution >= 4 is 0 Å². The highest BCUT2D eigenvalue weighted by Crippen LogP contribution is 2.42. The Balaban J connectivity index is 2.05. The van der Waals surface area contributed by atoms with Crippen molar-refractivity contribution in [3.63, 3.8) is 0 Å². The molecule has 0 aromatic carbocycles. The minimum Gasteiger partial charge on any atom is -0.492 e. The van der Waals surface area contributed by atoms with E-state index in [9.17, 15) is 0 Å². The number of ether oxygens (including phenoxy) is 1. The van der Waals surface area contributed by atoms with Crippen LogP contribution in [-0.4, -0.2) is 25.2 Å². The lowest BCUT2D eigenvalue weighted by atomic mass is 9.70. The molecule has 2 atom stereocenters. The first-order chi connectivity index (χ1) is 7.85. The van der Waals surface area contributed by atoms with Gasteiger partial charge in [-0.1, -0.05) is 0 Å². The Morgan fingerprint density at radius 1 is 1.44 bits per heavy atom. The number of pyridine rings is 1. The molecular formula is C13H20N2O. The molecule has 1 aromatic heterocycles. The van der Waals surface area contributed by atoms with Gasteiger partial charge in [0.05, 0.1) is 12.8 Å². The summed E-state index contributed by atoms with van der Waals surface area (Å²) in [7, 11) is 2.02. The van der Waals surface area contributed by atoms with Gasteiger partial charge in [0.2, 0.25) is 0 Å². The minimum atomic E-state index is 0.667. The maximum absolute atomic E-state index is 5.48. The Bertz CT molecular complexity index is 340. The molecule has 1 aliphatic rings. The maximum atomic E-state index is 5.48. The van der Waals surface area contributed by atoms with Crippen LogP contribution in [0.25, 0.3) is 0 Å². The molecule has 0 spiro atoms. The van der Waals surface area contributed by atoms with Gasteiger partial charge in [-0.15, -0.1) is 0 Å². The standard InChI is InChI=1S/C13H20N2O/c1-3-16-12-6-11(8-15-9-12)13-5-4-10(13)7-14-2/h6,8-10,13-14H,3-5,7H2,1-2H3. The van der Waals surface area contributed by atoms with E-state index >= 15 is 0 Å². The van der Waals surface area contributed by atoms with E-state index in [1.54, 1.807) is 6.20 Å². The summed E-state index contributed by atoms with van der Waals surface area (Å²) < 4.78 is 5.48. The maximum Gasteiger partial charge on any atom is 0.137 e. The molecule has 16 heavy (non-hydrogen) atoms. The first kappa shape index (κ1) is 11.4. The smallest absolute Gasteiger partial charge is 0.137 e. The normalized spacial score (nSPS) is 23.9. The Morgan fingerprint density at radius 2 is 2.31 bits per heavy atom. The van der Waals surface area contributed by atoms with Crippen LogP contribution in [0.4, 0.5) is 0 Å². The Kier molecular flexibility index (Phi) is 3.78. The van der Waals surface area contributed by atoms with Crippen LogP contribution >= 0.6 is 0 Å². The molecule has 0 saturated heterocycles. The summed E-state index contributed by atoms with van der Waals surface area (Å²) in [6.45, 7) is 3.80. The van der Waals surface area contributed by atoms with Crippen LogP contribution < -0.4 is 10.1 Å². The summed E-state index contributed by atoms with van der Waals surface area (Å²) in [5.74, 6) is 2.33. The molecule has 0 amide bonds. The third-order valence-electron chi connectivity index (χ3n) is 3.36. The van der Waals surface area contributed by atoms with Crippen molar-refractivity contribution in [1.82, 2.24) is 10.3 Å². The van der Waals surface area contributed by atoms with Crippen LogP contribution in [0, 0.1) is 5.92 Å². The van der Waals surface area contributed by atoms with Crippen LogP contribution in [0.5, 0.6) is 5.75 Å². The second kappa shape index (κ2) is 5.30. The molecule has 0 radical (unpaired) electrons. The highest BCUT2D eigenvalue weighted by molar-refractivity contribution is 5.28.